The molecule has 0 radical (unpaired) electrons. The zero-order chi connectivity index (χ0) is 13.8. The van der Waals surface area contributed by atoms with E-state index in [1.807, 2.05) is 0 Å². The van der Waals surface area contributed by atoms with E-state index in [0.29, 0.717) is 6.04 Å². The lowest BCUT2D eigenvalue weighted by Crippen LogP contribution is -2.49. The van der Waals surface area contributed by atoms with Crippen LogP contribution in [-0.4, -0.2) is 58.4 Å². The molecule has 1 atom stereocenters. The van der Waals surface area contributed by atoms with Gasteiger partial charge in [0, 0.05) is 32.2 Å². The highest BCUT2D eigenvalue weighted by atomic mass is 16.4. The van der Waals surface area contributed by atoms with E-state index < -0.39 is 5.97 Å². The highest BCUT2D eigenvalue weighted by Gasteiger charge is 2.21. The number of hydrogen-bond acceptors (Lipinski definition) is 5. The number of carbonyl (C=O) groups is 1. The fourth-order valence-corrected chi connectivity index (χ4v) is 2.26. The topological polar surface area (TPSA) is 69.6 Å². The Hall–Kier alpha value is -1.69. The van der Waals surface area contributed by atoms with Crippen molar-refractivity contribution in [2.24, 2.45) is 0 Å². The third kappa shape index (κ3) is 3.20. The van der Waals surface area contributed by atoms with Gasteiger partial charge >= 0.3 is 5.97 Å². The predicted molar refractivity (Wildman–Crippen MR) is 72.5 cm³/mol. The molecule has 0 aliphatic carbocycles. The van der Waals surface area contributed by atoms with Crippen LogP contribution in [-0.2, 0) is 0 Å². The number of anilines is 1. The lowest BCUT2D eigenvalue weighted by molar-refractivity contribution is 0.0689. The Labute approximate surface area is 113 Å². The molecule has 0 aromatic carbocycles. The molecule has 1 N–H and O–H groups in total. The molecule has 2 heterocycles. The van der Waals surface area contributed by atoms with Crippen LogP contribution in [0.3, 0.4) is 0 Å². The number of aromatic carboxylic acids is 1. The third-order valence-corrected chi connectivity index (χ3v) is 3.72. The van der Waals surface area contributed by atoms with Gasteiger partial charge in [-0.2, -0.15) is 0 Å². The maximum atomic E-state index is 10.7. The Bertz CT molecular complexity index is 427. The highest BCUT2D eigenvalue weighted by molar-refractivity contribution is 5.85. The van der Waals surface area contributed by atoms with Gasteiger partial charge in [0.1, 0.15) is 0 Å². The van der Waals surface area contributed by atoms with Gasteiger partial charge in [0.2, 0.25) is 0 Å². The summed E-state index contributed by atoms with van der Waals surface area (Å²) in [5, 5.41) is 16.5. The van der Waals surface area contributed by atoms with E-state index in [9.17, 15) is 4.79 Å². The van der Waals surface area contributed by atoms with Gasteiger partial charge in [-0.1, -0.05) is 6.92 Å². The fraction of sp³-hybridized carbons (Fsp3) is 0.615. The van der Waals surface area contributed by atoms with Crippen LogP contribution in [0.2, 0.25) is 0 Å². The second kappa shape index (κ2) is 5.97. The summed E-state index contributed by atoms with van der Waals surface area (Å²) in [6, 6.07) is 3.85. The first-order chi connectivity index (χ1) is 9.11. The smallest absolute Gasteiger partial charge is 0.356 e. The van der Waals surface area contributed by atoms with Crippen molar-refractivity contribution in [1.82, 2.24) is 15.1 Å². The summed E-state index contributed by atoms with van der Waals surface area (Å²) >= 11 is 0. The Morgan fingerprint density at radius 2 is 2.00 bits per heavy atom. The van der Waals surface area contributed by atoms with Crippen molar-refractivity contribution in [3.05, 3.63) is 17.8 Å². The molecule has 2 rings (SSSR count). The third-order valence-electron chi connectivity index (χ3n) is 3.72. The van der Waals surface area contributed by atoms with Crippen LogP contribution >= 0.6 is 0 Å². The van der Waals surface area contributed by atoms with Gasteiger partial charge in [-0.25, -0.2) is 4.79 Å². The lowest BCUT2D eigenvalue weighted by Gasteiger charge is -2.38. The molecule has 1 fully saturated rings. The number of piperazine rings is 1. The molecular formula is C13H20N4O2. The number of rotatable bonds is 4. The minimum Gasteiger partial charge on any atom is -0.476 e. The van der Waals surface area contributed by atoms with Crippen LogP contribution in [0.1, 0.15) is 30.8 Å². The van der Waals surface area contributed by atoms with Gasteiger partial charge in [-0.05, 0) is 25.5 Å². The van der Waals surface area contributed by atoms with Crippen LogP contribution in [0.15, 0.2) is 12.1 Å². The van der Waals surface area contributed by atoms with Crippen molar-refractivity contribution < 1.29 is 9.90 Å². The highest BCUT2D eigenvalue weighted by Crippen LogP contribution is 2.15. The van der Waals surface area contributed by atoms with Crippen molar-refractivity contribution in [2.75, 3.05) is 31.1 Å². The second-order valence-corrected chi connectivity index (χ2v) is 4.86. The minimum atomic E-state index is -1.04. The predicted octanol–water partition coefficient (Wildman–Crippen LogP) is 1.10. The van der Waals surface area contributed by atoms with Gasteiger partial charge in [0.15, 0.2) is 11.5 Å². The van der Waals surface area contributed by atoms with Crippen molar-refractivity contribution in [2.45, 2.75) is 26.3 Å². The molecule has 6 heteroatoms. The van der Waals surface area contributed by atoms with Crippen LogP contribution < -0.4 is 4.90 Å². The normalized spacial score (nSPS) is 18.3. The molecular weight excluding hydrogens is 244 g/mol. The summed E-state index contributed by atoms with van der Waals surface area (Å²) < 4.78 is 0. The minimum absolute atomic E-state index is 0.0120. The summed E-state index contributed by atoms with van der Waals surface area (Å²) in [5.74, 6) is -0.283. The van der Waals surface area contributed by atoms with Crippen molar-refractivity contribution in [3.63, 3.8) is 0 Å². The molecule has 1 aromatic heterocycles. The Balaban J connectivity index is 1.96. The van der Waals surface area contributed by atoms with E-state index in [2.05, 4.69) is 33.8 Å². The summed E-state index contributed by atoms with van der Waals surface area (Å²) in [6.45, 7) is 8.29. The van der Waals surface area contributed by atoms with Crippen molar-refractivity contribution in [1.29, 1.82) is 0 Å². The van der Waals surface area contributed by atoms with E-state index >= 15 is 0 Å². The van der Waals surface area contributed by atoms with Gasteiger partial charge in [0.05, 0.1) is 0 Å². The summed E-state index contributed by atoms with van der Waals surface area (Å²) in [5.41, 5.74) is -0.0120. The standard InChI is InChI=1S/C13H20N4O2/c1-3-10(2)16-6-8-17(9-7-16)12-5-4-11(13(18)19)14-15-12/h4-5,10H,3,6-9H2,1-2H3,(H,18,19). The van der Waals surface area contributed by atoms with E-state index in [4.69, 9.17) is 5.11 Å². The molecule has 19 heavy (non-hydrogen) atoms. The number of nitrogens with zero attached hydrogens (tertiary/aromatic N) is 4. The SMILES string of the molecule is CCC(C)N1CCN(c2ccc(C(=O)O)nn2)CC1. The molecule has 1 saturated heterocycles. The van der Waals surface area contributed by atoms with Crippen molar-refractivity contribution >= 4 is 11.8 Å². The molecule has 1 unspecified atom stereocenters. The Kier molecular flexibility index (Phi) is 4.31. The molecule has 0 bridgehead atoms. The maximum Gasteiger partial charge on any atom is 0.356 e. The summed E-state index contributed by atoms with van der Waals surface area (Å²) in [4.78, 5) is 15.3. The molecule has 1 aliphatic heterocycles. The average Bonchev–Trinajstić information content (AvgIpc) is 2.46. The first kappa shape index (κ1) is 13.7. The lowest BCUT2D eigenvalue weighted by atomic mass is 10.2. The number of aromatic nitrogens is 2. The summed E-state index contributed by atoms with van der Waals surface area (Å²) in [7, 11) is 0. The zero-order valence-electron chi connectivity index (χ0n) is 11.4. The largest absolute Gasteiger partial charge is 0.476 e. The molecule has 0 saturated carbocycles. The monoisotopic (exact) mass is 264 g/mol. The molecule has 1 aliphatic rings. The van der Waals surface area contributed by atoms with Gasteiger partial charge in [-0.15, -0.1) is 10.2 Å². The quantitative estimate of drug-likeness (QED) is 0.878. The van der Waals surface area contributed by atoms with Crippen LogP contribution in [0, 0.1) is 0 Å². The van der Waals surface area contributed by atoms with Crippen molar-refractivity contribution in [3.8, 4) is 0 Å². The molecule has 0 spiro atoms. The summed E-state index contributed by atoms with van der Waals surface area (Å²) in [6.07, 6.45) is 1.16. The second-order valence-electron chi connectivity index (χ2n) is 4.86. The van der Waals surface area contributed by atoms with Crippen LogP contribution in [0.5, 0.6) is 0 Å². The zero-order valence-corrected chi connectivity index (χ0v) is 11.4. The van der Waals surface area contributed by atoms with Gasteiger partial charge in [-0.3, -0.25) is 4.90 Å². The van der Waals surface area contributed by atoms with E-state index in [1.54, 1.807) is 6.07 Å². The fourth-order valence-electron chi connectivity index (χ4n) is 2.26. The molecule has 0 amide bonds. The van der Waals surface area contributed by atoms with E-state index in [-0.39, 0.29) is 5.69 Å². The average molecular weight is 264 g/mol. The first-order valence-electron chi connectivity index (χ1n) is 6.68. The van der Waals surface area contributed by atoms with E-state index in [1.165, 1.54) is 6.07 Å². The number of carboxylic acid groups (broad SMARTS) is 1. The van der Waals surface area contributed by atoms with Crippen LogP contribution in [0.25, 0.3) is 0 Å². The van der Waals surface area contributed by atoms with Crippen LogP contribution in [0.4, 0.5) is 5.82 Å². The molecule has 1 aromatic rings. The van der Waals surface area contributed by atoms with Gasteiger partial charge in [0.25, 0.3) is 0 Å². The maximum absolute atomic E-state index is 10.7. The Morgan fingerprint density at radius 3 is 2.47 bits per heavy atom. The number of carboxylic acids is 1. The number of hydrogen-bond donors (Lipinski definition) is 1. The Morgan fingerprint density at radius 1 is 1.32 bits per heavy atom. The molecule has 6 nitrogen and oxygen atoms in total. The first-order valence-corrected chi connectivity index (χ1v) is 6.68. The molecule has 104 valence electrons. The van der Waals surface area contributed by atoms with E-state index in [0.717, 1.165) is 38.4 Å². The van der Waals surface area contributed by atoms with Gasteiger partial charge < -0.3 is 10.0 Å².